The number of carbonyl (C=O) groups is 1. The van der Waals surface area contributed by atoms with Gasteiger partial charge in [0.1, 0.15) is 0 Å². The number of pyridine rings is 1. The van der Waals surface area contributed by atoms with E-state index in [1.807, 2.05) is 30.5 Å². The SMILES string of the molecule is CSc1ccc(C(=O)Nc2ccc(Cl)c(-c3ccccn3)c2)c(-c2ccc(Cl)cc2S(C)(=O)=O)c1. The molecule has 0 aliphatic rings. The van der Waals surface area contributed by atoms with Crippen molar-refractivity contribution in [1.82, 2.24) is 4.98 Å². The Hall–Kier alpha value is -2.84. The van der Waals surface area contributed by atoms with E-state index in [1.54, 1.807) is 48.7 Å². The number of nitrogens with one attached hydrogen (secondary N) is 1. The Kier molecular flexibility index (Phi) is 7.52. The summed E-state index contributed by atoms with van der Waals surface area (Å²) in [6, 6.07) is 20.6. The number of sulfone groups is 1. The van der Waals surface area contributed by atoms with Crippen LogP contribution in [-0.2, 0) is 9.84 Å². The van der Waals surface area contributed by atoms with Crippen LogP contribution in [-0.4, -0.2) is 31.8 Å². The lowest BCUT2D eigenvalue weighted by Crippen LogP contribution is -2.14. The van der Waals surface area contributed by atoms with Gasteiger partial charge in [-0.05, 0) is 72.5 Å². The van der Waals surface area contributed by atoms with Crippen LogP contribution in [0, 0.1) is 0 Å². The zero-order valence-electron chi connectivity index (χ0n) is 18.7. The Morgan fingerprint density at radius 2 is 1.71 bits per heavy atom. The van der Waals surface area contributed by atoms with E-state index < -0.39 is 15.7 Å². The minimum absolute atomic E-state index is 0.0567. The van der Waals surface area contributed by atoms with E-state index in [-0.39, 0.29) is 4.90 Å². The third kappa shape index (κ3) is 5.70. The van der Waals surface area contributed by atoms with Gasteiger partial charge >= 0.3 is 0 Å². The highest BCUT2D eigenvalue weighted by molar-refractivity contribution is 7.98. The van der Waals surface area contributed by atoms with Gasteiger partial charge in [0.05, 0.1) is 15.6 Å². The molecule has 4 aromatic rings. The molecule has 0 aliphatic heterocycles. The third-order valence-corrected chi connectivity index (χ3v) is 7.70. The smallest absolute Gasteiger partial charge is 0.256 e. The first-order chi connectivity index (χ1) is 16.7. The number of benzene rings is 3. The average Bonchev–Trinajstić information content (AvgIpc) is 2.84. The number of carbonyl (C=O) groups excluding carboxylic acids is 1. The van der Waals surface area contributed by atoms with Gasteiger partial charge in [-0.2, -0.15) is 0 Å². The number of hydrogen-bond acceptors (Lipinski definition) is 5. The quantitative estimate of drug-likeness (QED) is 0.263. The Morgan fingerprint density at radius 3 is 2.40 bits per heavy atom. The van der Waals surface area contributed by atoms with E-state index >= 15 is 0 Å². The fourth-order valence-corrected chi connectivity index (χ4v) is 5.43. The van der Waals surface area contributed by atoms with Crippen LogP contribution in [0.15, 0.2) is 88.8 Å². The second-order valence-corrected chi connectivity index (χ2v) is 11.4. The van der Waals surface area contributed by atoms with Crippen molar-refractivity contribution in [2.45, 2.75) is 9.79 Å². The molecule has 1 aromatic heterocycles. The number of aromatic nitrogens is 1. The van der Waals surface area contributed by atoms with Crippen LogP contribution in [0.5, 0.6) is 0 Å². The molecule has 1 amide bonds. The van der Waals surface area contributed by atoms with Crippen LogP contribution in [0.2, 0.25) is 10.0 Å². The molecule has 0 unspecified atom stereocenters. The molecule has 5 nitrogen and oxygen atoms in total. The van der Waals surface area contributed by atoms with E-state index in [2.05, 4.69) is 10.3 Å². The molecule has 0 spiro atoms. The summed E-state index contributed by atoms with van der Waals surface area (Å²) >= 11 is 14.0. The summed E-state index contributed by atoms with van der Waals surface area (Å²) in [5.74, 6) is -0.392. The van der Waals surface area contributed by atoms with E-state index in [4.69, 9.17) is 23.2 Å². The molecule has 1 heterocycles. The molecule has 3 aromatic carbocycles. The van der Waals surface area contributed by atoms with Crippen LogP contribution in [0.1, 0.15) is 10.4 Å². The summed E-state index contributed by atoms with van der Waals surface area (Å²) in [4.78, 5) is 18.7. The highest BCUT2D eigenvalue weighted by Gasteiger charge is 2.21. The van der Waals surface area contributed by atoms with Crippen LogP contribution in [0.4, 0.5) is 5.69 Å². The van der Waals surface area contributed by atoms with Crippen molar-refractivity contribution in [3.8, 4) is 22.4 Å². The Morgan fingerprint density at radius 1 is 0.914 bits per heavy atom. The van der Waals surface area contributed by atoms with Crippen LogP contribution in [0.3, 0.4) is 0 Å². The van der Waals surface area contributed by atoms with Gasteiger partial charge in [-0.3, -0.25) is 9.78 Å². The van der Waals surface area contributed by atoms with Gasteiger partial charge < -0.3 is 5.32 Å². The Bertz CT molecular complexity index is 1530. The van der Waals surface area contributed by atoms with Gasteiger partial charge in [0, 0.05) is 44.7 Å². The molecule has 178 valence electrons. The molecular weight excluding hydrogens is 523 g/mol. The third-order valence-electron chi connectivity index (χ3n) is 5.27. The topological polar surface area (TPSA) is 76.1 Å². The largest absolute Gasteiger partial charge is 0.322 e. The summed E-state index contributed by atoms with van der Waals surface area (Å²) in [6.45, 7) is 0. The minimum Gasteiger partial charge on any atom is -0.322 e. The van der Waals surface area contributed by atoms with Gasteiger partial charge in [0.15, 0.2) is 9.84 Å². The number of thioether (sulfide) groups is 1. The maximum atomic E-state index is 13.4. The molecule has 9 heteroatoms. The van der Waals surface area contributed by atoms with Gasteiger partial charge in [-0.25, -0.2) is 8.42 Å². The minimum atomic E-state index is -3.61. The van der Waals surface area contributed by atoms with Crippen molar-refractivity contribution in [3.05, 3.63) is 94.6 Å². The predicted octanol–water partition coefficient (Wildman–Crippen LogP) is 7.10. The van der Waals surface area contributed by atoms with Gasteiger partial charge in [-0.15, -0.1) is 11.8 Å². The lowest BCUT2D eigenvalue weighted by atomic mass is 9.99. The normalized spacial score (nSPS) is 11.3. The maximum Gasteiger partial charge on any atom is 0.256 e. The maximum absolute atomic E-state index is 13.4. The monoisotopic (exact) mass is 542 g/mol. The number of rotatable bonds is 6. The molecule has 0 aliphatic carbocycles. The Balaban J connectivity index is 1.78. The second-order valence-electron chi connectivity index (χ2n) is 7.69. The summed E-state index contributed by atoms with van der Waals surface area (Å²) < 4.78 is 25.1. The number of anilines is 1. The van der Waals surface area contributed by atoms with Crippen molar-refractivity contribution in [2.24, 2.45) is 0 Å². The van der Waals surface area contributed by atoms with Crippen molar-refractivity contribution in [1.29, 1.82) is 0 Å². The van der Waals surface area contributed by atoms with Crippen LogP contribution >= 0.6 is 35.0 Å². The molecule has 0 saturated heterocycles. The summed E-state index contributed by atoms with van der Waals surface area (Å²) in [7, 11) is -3.61. The van der Waals surface area contributed by atoms with E-state index in [1.165, 1.54) is 17.8 Å². The second kappa shape index (κ2) is 10.4. The first-order valence-corrected chi connectivity index (χ1v) is 14.2. The van der Waals surface area contributed by atoms with E-state index in [0.29, 0.717) is 43.7 Å². The van der Waals surface area contributed by atoms with Gasteiger partial charge in [0.25, 0.3) is 5.91 Å². The number of hydrogen-bond donors (Lipinski definition) is 1. The van der Waals surface area contributed by atoms with E-state index in [9.17, 15) is 13.2 Å². The van der Waals surface area contributed by atoms with Crippen LogP contribution in [0.25, 0.3) is 22.4 Å². The van der Waals surface area contributed by atoms with Crippen molar-refractivity contribution >= 4 is 56.4 Å². The lowest BCUT2D eigenvalue weighted by molar-refractivity contribution is 0.102. The molecule has 0 bridgehead atoms. The lowest BCUT2D eigenvalue weighted by Gasteiger charge is -2.15. The fraction of sp³-hybridized carbons (Fsp3) is 0.0769. The summed E-state index contributed by atoms with van der Waals surface area (Å²) in [6.07, 6.45) is 4.69. The molecule has 35 heavy (non-hydrogen) atoms. The molecule has 0 saturated carbocycles. The van der Waals surface area contributed by atoms with Crippen molar-refractivity contribution in [3.63, 3.8) is 0 Å². The van der Waals surface area contributed by atoms with E-state index in [0.717, 1.165) is 11.2 Å². The molecule has 0 fully saturated rings. The Labute approximate surface area is 218 Å². The average molecular weight is 543 g/mol. The summed E-state index contributed by atoms with van der Waals surface area (Å²) in [5, 5.41) is 3.71. The first kappa shape index (κ1) is 25.3. The molecule has 0 atom stereocenters. The van der Waals surface area contributed by atoms with Crippen molar-refractivity contribution < 1.29 is 13.2 Å². The molecule has 4 rings (SSSR count). The molecule has 0 radical (unpaired) electrons. The fourth-order valence-electron chi connectivity index (χ4n) is 3.62. The first-order valence-electron chi connectivity index (χ1n) is 10.4. The van der Waals surface area contributed by atoms with Gasteiger partial charge in [-0.1, -0.05) is 35.3 Å². The number of amides is 1. The zero-order valence-corrected chi connectivity index (χ0v) is 21.9. The zero-order chi connectivity index (χ0) is 25.2. The highest BCUT2D eigenvalue weighted by atomic mass is 35.5. The number of nitrogens with zero attached hydrogens (tertiary/aromatic N) is 1. The standard InChI is InChI=1S/C26H20Cl2N2O3S2/c1-34-18-8-10-20(21(15-18)19-9-6-16(27)13-25(19)35(2,32)33)26(31)30-17-7-11-23(28)22(14-17)24-5-3-4-12-29-24/h3-15H,1-2H3,(H,30,31). The summed E-state index contributed by atoms with van der Waals surface area (Å²) in [5.41, 5.74) is 3.11. The number of halogens is 2. The van der Waals surface area contributed by atoms with Crippen molar-refractivity contribution in [2.75, 3.05) is 17.8 Å². The molecular formula is C26H20Cl2N2O3S2. The molecule has 1 N–H and O–H groups in total. The highest BCUT2D eigenvalue weighted by Crippen LogP contribution is 2.35. The van der Waals surface area contributed by atoms with Crippen LogP contribution < -0.4 is 5.32 Å². The van der Waals surface area contributed by atoms with Gasteiger partial charge in [0.2, 0.25) is 0 Å². The predicted molar refractivity (Wildman–Crippen MR) is 144 cm³/mol.